The van der Waals surface area contributed by atoms with Crippen LogP contribution >= 0.6 is 11.5 Å². The molecule has 1 heterocycles. The molecule has 1 atom stereocenters. The molecule has 1 N–H and O–H groups in total. The molecule has 1 aromatic heterocycles. The van der Waals surface area contributed by atoms with Gasteiger partial charge in [0.05, 0.1) is 0 Å². The third kappa shape index (κ3) is 5.00. The second kappa shape index (κ2) is 7.61. The molecule has 0 aliphatic heterocycles. The molecule has 0 radical (unpaired) electrons. The minimum absolute atomic E-state index is 0.735. The van der Waals surface area contributed by atoms with Gasteiger partial charge in [0.25, 0.3) is 0 Å². The standard InChI is InChI=1S/C12H24N4S/c1-5-7-13-12-11(14-15-17-12)9-16(4)8-10(3)6-2/h10,13H,5-9H2,1-4H3. The summed E-state index contributed by atoms with van der Waals surface area (Å²) in [5.74, 6) is 0.735. The van der Waals surface area contributed by atoms with Gasteiger partial charge >= 0.3 is 0 Å². The van der Waals surface area contributed by atoms with Crippen LogP contribution in [0.5, 0.6) is 0 Å². The monoisotopic (exact) mass is 256 g/mol. The molecule has 0 aliphatic carbocycles. The van der Waals surface area contributed by atoms with Crippen LogP contribution in [0.1, 0.15) is 39.3 Å². The van der Waals surface area contributed by atoms with Crippen molar-refractivity contribution in [2.24, 2.45) is 5.92 Å². The smallest absolute Gasteiger partial charge is 0.134 e. The largest absolute Gasteiger partial charge is 0.374 e. The van der Waals surface area contributed by atoms with Crippen molar-refractivity contribution in [1.29, 1.82) is 0 Å². The van der Waals surface area contributed by atoms with Gasteiger partial charge in [-0.1, -0.05) is 31.7 Å². The highest BCUT2D eigenvalue weighted by atomic mass is 32.1. The van der Waals surface area contributed by atoms with E-state index in [1.807, 2.05) is 0 Å². The molecule has 0 amide bonds. The maximum atomic E-state index is 4.21. The second-order valence-electron chi connectivity index (χ2n) is 4.69. The van der Waals surface area contributed by atoms with Crippen molar-refractivity contribution in [3.05, 3.63) is 5.69 Å². The Hall–Kier alpha value is -0.680. The topological polar surface area (TPSA) is 41.1 Å². The highest BCUT2D eigenvalue weighted by Gasteiger charge is 2.11. The van der Waals surface area contributed by atoms with Crippen LogP contribution in [0.2, 0.25) is 0 Å². The lowest BCUT2D eigenvalue weighted by molar-refractivity contribution is 0.272. The van der Waals surface area contributed by atoms with Crippen LogP contribution in [-0.2, 0) is 6.54 Å². The van der Waals surface area contributed by atoms with Gasteiger partial charge in [0, 0.05) is 31.2 Å². The first-order chi connectivity index (χ1) is 8.17. The van der Waals surface area contributed by atoms with Crippen molar-refractivity contribution in [2.75, 3.05) is 25.5 Å². The molecule has 0 fully saturated rings. The highest BCUT2D eigenvalue weighted by molar-refractivity contribution is 7.10. The Labute approximate surface area is 109 Å². The van der Waals surface area contributed by atoms with E-state index < -0.39 is 0 Å². The minimum Gasteiger partial charge on any atom is -0.374 e. The average molecular weight is 256 g/mol. The SMILES string of the molecule is CCCNc1snnc1CN(C)CC(C)CC. The van der Waals surface area contributed by atoms with Gasteiger partial charge < -0.3 is 10.2 Å². The van der Waals surface area contributed by atoms with E-state index in [2.05, 4.69) is 47.6 Å². The fourth-order valence-electron chi connectivity index (χ4n) is 1.67. The van der Waals surface area contributed by atoms with Gasteiger partial charge in [0.15, 0.2) is 0 Å². The van der Waals surface area contributed by atoms with Crippen molar-refractivity contribution in [1.82, 2.24) is 14.5 Å². The van der Waals surface area contributed by atoms with E-state index in [9.17, 15) is 0 Å². The molecule has 5 heteroatoms. The van der Waals surface area contributed by atoms with E-state index in [-0.39, 0.29) is 0 Å². The molecule has 4 nitrogen and oxygen atoms in total. The molecule has 98 valence electrons. The molecular formula is C12H24N4S. The van der Waals surface area contributed by atoms with Crippen molar-refractivity contribution in [2.45, 2.75) is 40.2 Å². The van der Waals surface area contributed by atoms with Gasteiger partial charge in [-0.3, -0.25) is 0 Å². The van der Waals surface area contributed by atoms with Crippen LogP contribution in [-0.4, -0.2) is 34.6 Å². The molecule has 1 unspecified atom stereocenters. The Kier molecular flexibility index (Phi) is 6.44. The van der Waals surface area contributed by atoms with Gasteiger partial charge in [-0.05, 0) is 19.4 Å². The summed E-state index contributed by atoms with van der Waals surface area (Å²) in [6.45, 7) is 9.67. The first kappa shape index (κ1) is 14.4. The molecule has 0 aliphatic rings. The lowest BCUT2D eigenvalue weighted by atomic mass is 10.1. The third-order valence-corrected chi connectivity index (χ3v) is 3.56. The predicted octanol–water partition coefficient (Wildman–Crippen LogP) is 2.84. The molecule has 0 bridgehead atoms. The van der Waals surface area contributed by atoms with E-state index in [1.165, 1.54) is 18.0 Å². The van der Waals surface area contributed by atoms with Crippen molar-refractivity contribution >= 4 is 16.5 Å². The quantitative estimate of drug-likeness (QED) is 0.776. The Morgan fingerprint density at radius 1 is 1.41 bits per heavy atom. The molecule has 0 aromatic carbocycles. The van der Waals surface area contributed by atoms with E-state index in [4.69, 9.17) is 0 Å². The fourth-order valence-corrected chi connectivity index (χ4v) is 2.26. The van der Waals surface area contributed by atoms with Crippen LogP contribution in [0.3, 0.4) is 0 Å². The van der Waals surface area contributed by atoms with Gasteiger partial charge in [0.1, 0.15) is 10.7 Å². The lowest BCUT2D eigenvalue weighted by Crippen LogP contribution is -2.24. The maximum Gasteiger partial charge on any atom is 0.134 e. The average Bonchev–Trinajstić information content (AvgIpc) is 2.73. The van der Waals surface area contributed by atoms with Gasteiger partial charge in [-0.25, -0.2) is 0 Å². The zero-order valence-corrected chi connectivity index (χ0v) is 12.2. The maximum absolute atomic E-state index is 4.21. The summed E-state index contributed by atoms with van der Waals surface area (Å²) in [6, 6.07) is 0. The summed E-state index contributed by atoms with van der Waals surface area (Å²) in [6.07, 6.45) is 2.35. The Balaban J connectivity index is 2.47. The first-order valence-corrected chi connectivity index (χ1v) is 7.18. The molecule has 1 rings (SSSR count). The van der Waals surface area contributed by atoms with E-state index >= 15 is 0 Å². The first-order valence-electron chi connectivity index (χ1n) is 6.41. The molecular weight excluding hydrogens is 232 g/mol. The molecule has 17 heavy (non-hydrogen) atoms. The normalized spacial score (nSPS) is 13.0. The van der Waals surface area contributed by atoms with E-state index in [0.29, 0.717) is 0 Å². The Bertz CT molecular complexity index is 313. The molecule has 1 aromatic rings. The number of aromatic nitrogens is 2. The molecule has 0 spiro atoms. The summed E-state index contributed by atoms with van der Waals surface area (Å²) in [5, 5.41) is 8.72. The number of rotatable bonds is 8. The fraction of sp³-hybridized carbons (Fsp3) is 0.833. The van der Waals surface area contributed by atoms with Crippen LogP contribution in [0.15, 0.2) is 0 Å². The van der Waals surface area contributed by atoms with Crippen molar-refractivity contribution in [3.63, 3.8) is 0 Å². The number of nitrogens with one attached hydrogen (secondary N) is 1. The van der Waals surface area contributed by atoms with Crippen molar-refractivity contribution < 1.29 is 0 Å². The Morgan fingerprint density at radius 3 is 2.82 bits per heavy atom. The van der Waals surface area contributed by atoms with Gasteiger partial charge in [-0.15, -0.1) is 5.10 Å². The predicted molar refractivity (Wildman–Crippen MR) is 74.5 cm³/mol. The summed E-state index contributed by atoms with van der Waals surface area (Å²) < 4.78 is 4.03. The second-order valence-corrected chi connectivity index (χ2v) is 5.44. The number of hydrogen-bond donors (Lipinski definition) is 1. The molecule has 0 saturated heterocycles. The van der Waals surface area contributed by atoms with E-state index in [0.717, 1.165) is 42.7 Å². The lowest BCUT2D eigenvalue weighted by Gasteiger charge is -2.19. The van der Waals surface area contributed by atoms with Gasteiger partial charge in [-0.2, -0.15) is 0 Å². The number of anilines is 1. The number of hydrogen-bond acceptors (Lipinski definition) is 5. The summed E-state index contributed by atoms with van der Waals surface area (Å²) in [4.78, 5) is 2.32. The third-order valence-electron chi connectivity index (χ3n) is 2.83. The summed E-state index contributed by atoms with van der Waals surface area (Å²) in [7, 11) is 2.15. The van der Waals surface area contributed by atoms with Crippen LogP contribution in [0, 0.1) is 5.92 Å². The zero-order valence-electron chi connectivity index (χ0n) is 11.4. The highest BCUT2D eigenvalue weighted by Crippen LogP contribution is 2.19. The summed E-state index contributed by atoms with van der Waals surface area (Å²) in [5.41, 5.74) is 1.08. The molecule has 0 saturated carbocycles. The number of nitrogens with zero attached hydrogens (tertiary/aromatic N) is 3. The van der Waals surface area contributed by atoms with Crippen LogP contribution in [0.4, 0.5) is 5.00 Å². The minimum atomic E-state index is 0.735. The Morgan fingerprint density at radius 2 is 2.18 bits per heavy atom. The van der Waals surface area contributed by atoms with Crippen LogP contribution < -0.4 is 5.32 Å². The zero-order chi connectivity index (χ0) is 12.7. The van der Waals surface area contributed by atoms with E-state index in [1.54, 1.807) is 0 Å². The summed E-state index contributed by atoms with van der Waals surface area (Å²) >= 11 is 1.46. The van der Waals surface area contributed by atoms with Crippen molar-refractivity contribution in [3.8, 4) is 0 Å². The van der Waals surface area contributed by atoms with Crippen LogP contribution in [0.25, 0.3) is 0 Å². The van der Waals surface area contributed by atoms with Gasteiger partial charge in [0.2, 0.25) is 0 Å².